The van der Waals surface area contributed by atoms with Crippen LogP contribution in [0, 0.1) is 13.8 Å². The third-order valence-corrected chi connectivity index (χ3v) is 5.44. The Balaban J connectivity index is 1.64. The van der Waals surface area contributed by atoms with Crippen LogP contribution in [0.3, 0.4) is 0 Å². The number of halogens is 3. The number of rotatable bonds is 3. The molecule has 1 aliphatic rings. The zero-order valence-corrected chi connectivity index (χ0v) is 16.8. The minimum absolute atomic E-state index is 0.0791. The van der Waals surface area contributed by atoms with E-state index in [1.165, 1.54) is 11.1 Å². The van der Waals surface area contributed by atoms with Gasteiger partial charge < -0.3 is 15.0 Å². The van der Waals surface area contributed by atoms with Crippen molar-refractivity contribution in [3.8, 4) is 0 Å². The number of guanidine groups is 1. The molecule has 2 aromatic rings. The van der Waals surface area contributed by atoms with Gasteiger partial charge >= 0.3 is 6.18 Å². The highest BCUT2D eigenvalue weighted by Gasteiger charge is 2.33. The number of aryl methyl sites for hydroxylation is 2. The molecule has 3 rings (SSSR count). The van der Waals surface area contributed by atoms with Gasteiger partial charge in [-0.1, -0.05) is 23.8 Å². The third-order valence-electron chi connectivity index (χ3n) is 4.59. The molecule has 1 saturated heterocycles. The molecule has 9 heteroatoms. The summed E-state index contributed by atoms with van der Waals surface area (Å²) in [5.74, 6) is 0.627. The average molecular weight is 412 g/mol. The molecular formula is C19H23F3N4OS. The number of thiazole rings is 1. The number of nitrogens with one attached hydrogen (secondary N) is 1. The highest BCUT2D eigenvalue weighted by atomic mass is 32.1. The maximum Gasteiger partial charge on any atom is 0.434 e. The highest BCUT2D eigenvalue weighted by molar-refractivity contribution is 7.09. The fraction of sp³-hybridized carbons (Fsp3) is 0.474. The van der Waals surface area contributed by atoms with Crippen molar-refractivity contribution in [1.29, 1.82) is 0 Å². The van der Waals surface area contributed by atoms with Gasteiger partial charge in [-0.25, -0.2) is 4.98 Å². The molecule has 0 bridgehead atoms. The maximum atomic E-state index is 12.7. The molecule has 0 radical (unpaired) electrons. The topological polar surface area (TPSA) is 49.8 Å². The molecule has 152 valence electrons. The molecule has 5 nitrogen and oxygen atoms in total. The first-order valence-electron chi connectivity index (χ1n) is 8.94. The second-order valence-electron chi connectivity index (χ2n) is 6.69. The van der Waals surface area contributed by atoms with Crippen LogP contribution in [0.5, 0.6) is 0 Å². The van der Waals surface area contributed by atoms with Gasteiger partial charge in [-0.2, -0.15) is 13.2 Å². The number of alkyl halides is 3. The number of aliphatic imine (C=N–C) groups is 1. The summed E-state index contributed by atoms with van der Waals surface area (Å²) in [5, 5.41) is 4.52. The molecule has 0 saturated carbocycles. The van der Waals surface area contributed by atoms with E-state index >= 15 is 0 Å². The Kier molecular flexibility index (Phi) is 6.24. The van der Waals surface area contributed by atoms with E-state index in [1.54, 1.807) is 7.05 Å². The summed E-state index contributed by atoms with van der Waals surface area (Å²) in [6.45, 7) is 6.15. The van der Waals surface area contributed by atoms with Crippen LogP contribution in [0.1, 0.15) is 33.5 Å². The quantitative estimate of drug-likeness (QED) is 0.613. The summed E-state index contributed by atoms with van der Waals surface area (Å²) >= 11 is 0.984. The van der Waals surface area contributed by atoms with Gasteiger partial charge in [-0.05, 0) is 25.0 Å². The van der Waals surface area contributed by atoms with Crippen LogP contribution in [0.25, 0.3) is 0 Å². The first-order valence-corrected chi connectivity index (χ1v) is 9.82. The molecule has 0 spiro atoms. The lowest BCUT2D eigenvalue weighted by Gasteiger charge is -2.35. The molecule has 1 fully saturated rings. The van der Waals surface area contributed by atoms with Crippen LogP contribution < -0.4 is 5.32 Å². The summed E-state index contributed by atoms with van der Waals surface area (Å²) < 4.78 is 44.0. The van der Waals surface area contributed by atoms with Crippen molar-refractivity contribution in [3.63, 3.8) is 0 Å². The van der Waals surface area contributed by atoms with Crippen LogP contribution in [0.2, 0.25) is 0 Å². The van der Waals surface area contributed by atoms with Gasteiger partial charge in [-0.3, -0.25) is 4.99 Å². The number of nitrogens with zero attached hydrogens (tertiary/aromatic N) is 3. The van der Waals surface area contributed by atoms with E-state index in [1.807, 2.05) is 0 Å². The van der Waals surface area contributed by atoms with E-state index in [0.717, 1.165) is 22.3 Å². The fourth-order valence-corrected chi connectivity index (χ4v) is 3.97. The third kappa shape index (κ3) is 4.82. The number of ether oxygens (including phenoxy) is 1. The van der Waals surface area contributed by atoms with Crippen molar-refractivity contribution in [2.24, 2.45) is 4.99 Å². The van der Waals surface area contributed by atoms with Gasteiger partial charge in [-0.15, -0.1) is 11.3 Å². The highest BCUT2D eigenvalue weighted by Crippen LogP contribution is 2.30. The average Bonchev–Trinajstić information content (AvgIpc) is 3.12. The molecule has 1 aliphatic heterocycles. The van der Waals surface area contributed by atoms with E-state index in [-0.39, 0.29) is 12.6 Å². The molecule has 1 aromatic heterocycles. The molecule has 2 heterocycles. The molecule has 1 aromatic carbocycles. The van der Waals surface area contributed by atoms with Crippen molar-refractivity contribution in [2.45, 2.75) is 32.7 Å². The SMILES string of the molecule is CN=C(NCc1nc(C(F)(F)F)cs1)N1CCOC(c2ccc(C)cc2C)C1. The molecule has 1 unspecified atom stereocenters. The minimum Gasteiger partial charge on any atom is -0.370 e. The van der Waals surface area contributed by atoms with Gasteiger partial charge in [0.2, 0.25) is 0 Å². The summed E-state index contributed by atoms with van der Waals surface area (Å²) in [5.41, 5.74) is 2.66. The van der Waals surface area contributed by atoms with Crippen molar-refractivity contribution in [3.05, 3.63) is 51.0 Å². The van der Waals surface area contributed by atoms with Crippen molar-refractivity contribution in [2.75, 3.05) is 26.7 Å². The van der Waals surface area contributed by atoms with Gasteiger partial charge in [0.1, 0.15) is 11.1 Å². The normalized spacial score (nSPS) is 18.4. The van der Waals surface area contributed by atoms with Crippen molar-refractivity contribution >= 4 is 17.3 Å². The zero-order chi connectivity index (χ0) is 20.3. The Morgan fingerprint density at radius 2 is 2.18 bits per heavy atom. The number of morpholine rings is 1. The standard InChI is InChI=1S/C19H23F3N4OS/c1-12-4-5-14(13(2)8-12)15-10-26(6-7-27-15)18(23-3)24-9-17-25-16(11-28-17)19(20,21)22/h4-5,8,11,15H,6-7,9-10H2,1-3H3,(H,23,24). The molecule has 1 N–H and O–H groups in total. The first kappa shape index (κ1) is 20.6. The molecule has 0 amide bonds. The summed E-state index contributed by atoms with van der Waals surface area (Å²) in [6.07, 6.45) is -4.50. The Morgan fingerprint density at radius 1 is 1.39 bits per heavy atom. The molecular weight excluding hydrogens is 389 g/mol. The molecule has 0 aliphatic carbocycles. The van der Waals surface area contributed by atoms with Gasteiger partial charge in [0.25, 0.3) is 0 Å². The lowest BCUT2D eigenvalue weighted by Crippen LogP contribution is -2.48. The van der Waals surface area contributed by atoms with Crippen molar-refractivity contribution in [1.82, 2.24) is 15.2 Å². The number of benzene rings is 1. The fourth-order valence-electron chi connectivity index (χ4n) is 3.23. The van der Waals surface area contributed by atoms with Crippen LogP contribution >= 0.6 is 11.3 Å². The minimum atomic E-state index is -4.42. The summed E-state index contributed by atoms with van der Waals surface area (Å²) in [7, 11) is 1.66. The first-order chi connectivity index (χ1) is 13.3. The van der Waals surface area contributed by atoms with E-state index in [9.17, 15) is 13.2 Å². The number of hydrogen-bond acceptors (Lipinski definition) is 4. The van der Waals surface area contributed by atoms with Gasteiger partial charge in [0.05, 0.1) is 19.7 Å². The van der Waals surface area contributed by atoms with Crippen LogP contribution in [0.4, 0.5) is 13.2 Å². The number of hydrogen-bond donors (Lipinski definition) is 1. The van der Waals surface area contributed by atoms with Crippen LogP contribution in [-0.4, -0.2) is 42.6 Å². The predicted octanol–water partition coefficient (Wildman–Crippen LogP) is 3.93. The van der Waals surface area contributed by atoms with Gasteiger partial charge in [0.15, 0.2) is 11.7 Å². The largest absolute Gasteiger partial charge is 0.434 e. The second-order valence-corrected chi connectivity index (χ2v) is 7.63. The van der Waals surface area contributed by atoms with E-state index in [0.29, 0.717) is 30.7 Å². The Hall–Kier alpha value is -2.13. The second kappa shape index (κ2) is 8.48. The Morgan fingerprint density at radius 3 is 2.82 bits per heavy atom. The Bertz CT molecular complexity index is 850. The van der Waals surface area contributed by atoms with E-state index < -0.39 is 11.9 Å². The lowest BCUT2D eigenvalue weighted by molar-refractivity contribution is -0.140. The van der Waals surface area contributed by atoms with E-state index in [2.05, 4.69) is 52.2 Å². The predicted molar refractivity (Wildman–Crippen MR) is 103 cm³/mol. The molecule has 1 atom stereocenters. The maximum absolute atomic E-state index is 12.7. The lowest BCUT2D eigenvalue weighted by atomic mass is 10.00. The van der Waals surface area contributed by atoms with Crippen LogP contribution in [-0.2, 0) is 17.5 Å². The summed E-state index contributed by atoms with van der Waals surface area (Å²) in [4.78, 5) is 9.99. The Labute approximate surface area is 166 Å². The monoisotopic (exact) mass is 412 g/mol. The summed E-state index contributed by atoms with van der Waals surface area (Å²) in [6, 6.07) is 6.28. The van der Waals surface area contributed by atoms with Crippen LogP contribution in [0.15, 0.2) is 28.6 Å². The molecule has 28 heavy (non-hydrogen) atoms. The smallest absolute Gasteiger partial charge is 0.370 e. The van der Waals surface area contributed by atoms with Crippen molar-refractivity contribution < 1.29 is 17.9 Å². The zero-order valence-electron chi connectivity index (χ0n) is 16.0. The van der Waals surface area contributed by atoms with E-state index in [4.69, 9.17) is 4.74 Å². The van der Waals surface area contributed by atoms with Gasteiger partial charge in [0, 0.05) is 19.0 Å². The number of aromatic nitrogens is 1.